The predicted molar refractivity (Wildman–Crippen MR) is 88.7 cm³/mol. The first-order chi connectivity index (χ1) is 11.0. The molecule has 0 aliphatic heterocycles. The number of nitrogens with zero attached hydrogens (tertiary/aromatic N) is 3. The Hall–Kier alpha value is -2.89. The van der Waals surface area contributed by atoms with E-state index in [1.54, 1.807) is 41.4 Å². The van der Waals surface area contributed by atoms with E-state index in [0.717, 1.165) is 5.56 Å². The van der Waals surface area contributed by atoms with Crippen molar-refractivity contribution in [3.05, 3.63) is 53.3 Å². The van der Waals surface area contributed by atoms with E-state index in [4.69, 9.17) is 10.2 Å². The smallest absolute Gasteiger partial charge is 0.251 e. The molecule has 0 saturated carbocycles. The summed E-state index contributed by atoms with van der Waals surface area (Å²) in [5, 5.41) is 0. The van der Waals surface area contributed by atoms with Crippen molar-refractivity contribution < 1.29 is 4.42 Å². The van der Waals surface area contributed by atoms with E-state index in [9.17, 15) is 4.79 Å². The minimum absolute atomic E-state index is 0.0570. The van der Waals surface area contributed by atoms with Crippen LogP contribution in [0.5, 0.6) is 0 Å². The van der Waals surface area contributed by atoms with E-state index in [0.29, 0.717) is 29.5 Å². The largest absolute Gasteiger partial charge is 0.463 e. The number of nitrogen functional groups attached to an aromatic ring is 1. The Morgan fingerprint density at radius 2 is 2.17 bits per heavy atom. The summed E-state index contributed by atoms with van der Waals surface area (Å²) in [7, 11) is 0. The number of aromatic nitrogens is 3. The maximum Gasteiger partial charge on any atom is 0.251 e. The predicted octanol–water partition coefficient (Wildman–Crippen LogP) is 2.80. The fourth-order valence-corrected chi connectivity index (χ4v) is 2.43. The molecule has 6 nitrogen and oxygen atoms in total. The summed E-state index contributed by atoms with van der Waals surface area (Å²) >= 11 is 0. The molecule has 6 heteroatoms. The molecule has 23 heavy (non-hydrogen) atoms. The van der Waals surface area contributed by atoms with E-state index in [2.05, 4.69) is 23.8 Å². The van der Waals surface area contributed by atoms with Gasteiger partial charge in [-0.25, -0.2) is 9.97 Å². The fraction of sp³-hybridized carbons (Fsp3) is 0.235. The van der Waals surface area contributed by atoms with E-state index >= 15 is 0 Å². The summed E-state index contributed by atoms with van der Waals surface area (Å²) in [4.78, 5) is 20.6. The van der Waals surface area contributed by atoms with Gasteiger partial charge in [0.05, 0.1) is 6.26 Å². The minimum atomic E-state index is -0.0570. The second-order valence-corrected chi connectivity index (χ2v) is 5.77. The van der Waals surface area contributed by atoms with Crippen LogP contribution < -0.4 is 11.3 Å². The van der Waals surface area contributed by atoms with Crippen LogP contribution in [0, 0.1) is 5.92 Å². The van der Waals surface area contributed by atoms with Crippen LogP contribution in [0.25, 0.3) is 22.6 Å². The molecule has 0 fully saturated rings. The average Bonchev–Trinajstić information content (AvgIpc) is 3.03. The van der Waals surface area contributed by atoms with Crippen molar-refractivity contribution in [1.29, 1.82) is 0 Å². The monoisotopic (exact) mass is 310 g/mol. The molecule has 118 valence electrons. The molecule has 0 spiro atoms. The van der Waals surface area contributed by atoms with Gasteiger partial charge >= 0.3 is 0 Å². The average molecular weight is 310 g/mol. The Morgan fingerprint density at radius 3 is 2.83 bits per heavy atom. The number of furan rings is 1. The van der Waals surface area contributed by atoms with Crippen LogP contribution in [0.2, 0.25) is 0 Å². The van der Waals surface area contributed by atoms with E-state index < -0.39 is 0 Å². The Balaban J connectivity index is 2.09. The SMILES string of the molecule is CC(C)Cn1ccc(-c2cnc(N)nc2-c2ccco2)cc1=O. The third kappa shape index (κ3) is 3.15. The number of nitrogens with two attached hydrogens (primary N) is 1. The molecule has 0 unspecified atom stereocenters. The Morgan fingerprint density at radius 1 is 1.35 bits per heavy atom. The Labute approximate surface area is 133 Å². The molecular formula is C17H18N4O2. The van der Waals surface area contributed by atoms with Crippen LogP contribution in [-0.4, -0.2) is 14.5 Å². The molecule has 0 amide bonds. The summed E-state index contributed by atoms with van der Waals surface area (Å²) in [6.45, 7) is 4.83. The molecule has 0 aliphatic rings. The van der Waals surface area contributed by atoms with Gasteiger partial charge in [-0.1, -0.05) is 13.8 Å². The van der Waals surface area contributed by atoms with E-state index in [1.165, 1.54) is 0 Å². The van der Waals surface area contributed by atoms with E-state index in [-0.39, 0.29) is 11.5 Å². The Bertz CT molecular complexity index is 867. The molecule has 0 atom stereocenters. The lowest BCUT2D eigenvalue weighted by Crippen LogP contribution is -2.21. The number of hydrogen-bond acceptors (Lipinski definition) is 5. The van der Waals surface area contributed by atoms with Crippen LogP contribution in [0.4, 0.5) is 5.95 Å². The summed E-state index contributed by atoms with van der Waals surface area (Å²) in [5.74, 6) is 1.14. The van der Waals surface area contributed by atoms with Gasteiger partial charge < -0.3 is 14.7 Å². The molecule has 0 bridgehead atoms. The third-order valence-electron chi connectivity index (χ3n) is 3.43. The van der Waals surface area contributed by atoms with E-state index in [1.807, 2.05) is 6.07 Å². The lowest BCUT2D eigenvalue weighted by Gasteiger charge is -2.11. The van der Waals surface area contributed by atoms with Gasteiger partial charge in [-0.15, -0.1) is 0 Å². The van der Waals surface area contributed by atoms with Crippen molar-refractivity contribution >= 4 is 5.95 Å². The maximum absolute atomic E-state index is 12.3. The van der Waals surface area contributed by atoms with Crippen molar-refractivity contribution in [2.24, 2.45) is 5.92 Å². The number of anilines is 1. The van der Waals surface area contributed by atoms with Gasteiger partial charge in [-0.05, 0) is 29.7 Å². The summed E-state index contributed by atoms with van der Waals surface area (Å²) in [5.41, 5.74) is 7.65. The zero-order chi connectivity index (χ0) is 16.4. The number of pyridine rings is 1. The first-order valence-corrected chi connectivity index (χ1v) is 7.42. The van der Waals surface area contributed by atoms with Gasteiger partial charge in [0, 0.05) is 30.6 Å². The molecule has 3 aromatic rings. The first kappa shape index (κ1) is 15.0. The van der Waals surface area contributed by atoms with Gasteiger partial charge in [0.2, 0.25) is 5.95 Å². The standard InChI is InChI=1S/C17H18N4O2/c1-11(2)10-21-6-5-12(8-15(21)22)13-9-19-17(18)20-16(13)14-4-3-7-23-14/h3-9,11H,10H2,1-2H3,(H2,18,19,20). The topological polar surface area (TPSA) is 86.9 Å². The lowest BCUT2D eigenvalue weighted by molar-refractivity contribution is 0.511. The lowest BCUT2D eigenvalue weighted by atomic mass is 10.1. The third-order valence-corrected chi connectivity index (χ3v) is 3.43. The maximum atomic E-state index is 12.3. The number of hydrogen-bond donors (Lipinski definition) is 1. The van der Waals surface area contributed by atoms with Crippen LogP contribution in [-0.2, 0) is 6.54 Å². The molecule has 3 rings (SSSR count). The molecular weight excluding hydrogens is 292 g/mol. The van der Waals surface area contributed by atoms with Gasteiger partial charge in [-0.2, -0.15) is 0 Å². The molecule has 0 aromatic carbocycles. The van der Waals surface area contributed by atoms with Crippen molar-refractivity contribution in [3.8, 4) is 22.6 Å². The second kappa shape index (κ2) is 6.08. The van der Waals surface area contributed by atoms with Crippen LogP contribution in [0.1, 0.15) is 13.8 Å². The van der Waals surface area contributed by atoms with Gasteiger partial charge in [0.15, 0.2) is 5.76 Å². The van der Waals surface area contributed by atoms with Crippen LogP contribution >= 0.6 is 0 Å². The summed E-state index contributed by atoms with van der Waals surface area (Å²) in [6.07, 6.45) is 4.97. The van der Waals surface area contributed by atoms with Crippen molar-refractivity contribution in [2.45, 2.75) is 20.4 Å². The fourth-order valence-electron chi connectivity index (χ4n) is 2.43. The highest BCUT2D eigenvalue weighted by Gasteiger charge is 2.14. The van der Waals surface area contributed by atoms with Crippen molar-refractivity contribution in [1.82, 2.24) is 14.5 Å². The quantitative estimate of drug-likeness (QED) is 0.800. The van der Waals surface area contributed by atoms with Crippen LogP contribution in [0.3, 0.4) is 0 Å². The van der Waals surface area contributed by atoms with Gasteiger partial charge in [0.1, 0.15) is 5.69 Å². The van der Waals surface area contributed by atoms with Crippen molar-refractivity contribution in [2.75, 3.05) is 5.73 Å². The Kier molecular flexibility index (Phi) is 3.97. The number of rotatable bonds is 4. The molecule has 0 radical (unpaired) electrons. The summed E-state index contributed by atoms with van der Waals surface area (Å²) in [6, 6.07) is 7.04. The normalized spacial score (nSPS) is 11.1. The van der Waals surface area contributed by atoms with Crippen LogP contribution in [0.15, 0.2) is 52.1 Å². The molecule has 0 saturated heterocycles. The molecule has 3 heterocycles. The van der Waals surface area contributed by atoms with Crippen molar-refractivity contribution in [3.63, 3.8) is 0 Å². The second-order valence-electron chi connectivity index (χ2n) is 5.77. The highest BCUT2D eigenvalue weighted by atomic mass is 16.3. The molecule has 3 aromatic heterocycles. The molecule has 0 aliphatic carbocycles. The summed E-state index contributed by atoms with van der Waals surface area (Å²) < 4.78 is 7.11. The highest BCUT2D eigenvalue weighted by Crippen LogP contribution is 2.29. The molecule has 2 N–H and O–H groups in total. The highest BCUT2D eigenvalue weighted by molar-refractivity contribution is 5.78. The van der Waals surface area contributed by atoms with Gasteiger partial charge in [-0.3, -0.25) is 4.79 Å². The van der Waals surface area contributed by atoms with Gasteiger partial charge in [0.25, 0.3) is 5.56 Å². The minimum Gasteiger partial charge on any atom is -0.463 e. The zero-order valence-corrected chi connectivity index (χ0v) is 13.1. The zero-order valence-electron chi connectivity index (χ0n) is 13.1. The first-order valence-electron chi connectivity index (χ1n) is 7.42.